The number of nitrogens with one attached hydrogen (secondary N) is 1. The van der Waals surface area contributed by atoms with Crippen molar-refractivity contribution < 1.29 is 9.21 Å². The Morgan fingerprint density at radius 3 is 2.72 bits per heavy atom. The minimum Gasteiger partial charge on any atom is -0.467 e. The molecule has 6 nitrogen and oxygen atoms in total. The van der Waals surface area contributed by atoms with E-state index in [1.807, 2.05) is 49.4 Å². The van der Waals surface area contributed by atoms with E-state index in [-0.39, 0.29) is 18.5 Å². The van der Waals surface area contributed by atoms with Crippen LogP contribution in [0.5, 0.6) is 0 Å². The predicted molar refractivity (Wildman–Crippen MR) is 110 cm³/mol. The van der Waals surface area contributed by atoms with Gasteiger partial charge < -0.3 is 9.73 Å². The first-order valence-corrected chi connectivity index (χ1v) is 9.38. The highest BCUT2D eigenvalue weighted by Gasteiger charge is 2.34. The second kappa shape index (κ2) is 8.03. The number of hydrogen-bond donors (Lipinski definition) is 1. The minimum atomic E-state index is -0.290. The van der Waals surface area contributed by atoms with E-state index in [4.69, 9.17) is 4.42 Å². The highest BCUT2D eigenvalue weighted by Crippen LogP contribution is 2.33. The van der Waals surface area contributed by atoms with Crippen LogP contribution in [0, 0.1) is 18.3 Å². The van der Waals surface area contributed by atoms with Gasteiger partial charge in [-0.05, 0) is 36.8 Å². The van der Waals surface area contributed by atoms with Crippen LogP contribution in [0.25, 0.3) is 0 Å². The van der Waals surface area contributed by atoms with Gasteiger partial charge in [0.1, 0.15) is 17.9 Å². The summed E-state index contributed by atoms with van der Waals surface area (Å²) in [6.07, 6.45) is 2.18. The van der Waals surface area contributed by atoms with E-state index >= 15 is 0 Å². The van der Waals surface area contributed by atoms with Crippen molar-refractivity contribution in [1.82, 2.24) is 5.01 Å². The van der Waals surface area contributed by atoms with Crippen molar-refractivity contribution in [1.29, 1.82) is 5.26 Å². The Kier molecular flexibility index (Phi) is 5.12. The molecule has 29 heavy (non-hydrogen) atoms. The Morgan fingerprint density at radius 2 is 2.00 bits per heavy atom. The molecule has 4 rings (SSSR count). The maximum absolute atomic E-state index is 13.0. The molecule has 1 unspecified atom stereocenters. The first-order valence-electron chi connectivity index (χ1n) is 9.38. The third-order valence-electron chi connectivity index (χ3n) is 4.90. The van der Waals surface area contributed by atoms with Crippen molar-refractivity contribution in [3.63, 3.8) is 0 Å². The fourth-order valence-corrected chi connectivity index (χ4v) is 3.35. The quantitative estimate of drug-likeness (QED) is 0.713. The number of nitriles is 1. The van der Waals surface area contributed by atoms with Gasteiger partial charge in [0.2, 0.25) is 0 Å². The molecule has 0 saturated heterocycles. The van der Waals surface area contributed by atoms with Gasteiger partial charge in [-0.15, -0.1) is 0 Å². The third-order valence-corrected chi connectivity index (χ3v) is 4.90. The van der Waals surface area contributed by atoms with Crippen LogP contribution >= 0.6 is 0 Å². The van der Waals surface area contributed by atoms with Crippen molar-refractivity contribution in [2.24, 2.45) is 5.10 Å². The maximum atomic E-state index is 13.0. The molecule has 0 bridgehead atoms. The number of rotatable bonds is 5. The zero-order chi connectivity index (χ0) is 20.2. The van der Waals surface area contributed by atoms with Crippen LogP contribution in [0.2, 0.25) is 0 Å². The third kappa shape index (κ3) is 3.90. The summed E-state index contributed by atoms with van der Waals surface area (Å²) in [6.45, 7) is 2.06. The minimum absolute atomic E-state index is 0.0284. The number of hydrogen-bond acceptors (Lipinski definition) is 5. The molecule has 1 atom stereocenters. The molecule has 0 spiro atoms. The highest BCUT2D eigenvalue weighted by molar-refractivity contribution is 6.03. The number of nitrogens with zero attached hydrogens (tertiary/aromatic N) is 3. The molecule has 2 heterocycles. The molecule has 0 fully saturated rings. The molecule has 0 aliphatic carbocycles. The molecule has 144 valence electrons. The monoisotopic (exact) mass is 384 g/mol. The zero-order valence-corrected chi connectivity index (χ0v) is 16.0. The predicted octanol–water partition coefficient (Wildman–Crippen LogP) is 4.25. The van der Waals surface area contributed by atoms with Gasteiger partial charge in [-0.1, -0.05) is 42.0 Å². The van der Waals surface area contributed by atoms with Crippen molar-refractivity contribution >= 4 is 17.3 Å². The second-order valence-corrected chi connectivity index (χ2v) is 6.90. The molecule has 1 N–H and O–H groups in total. The van der Waals surface area contributed by atoms with E-state index in [0.717, 1.165) is 11.3 Å². The molecule has 1 aliphatic heterocycles. The van der Waals surface area contributed by atoms with Gasteiger partial charge in [-0.25, -0.2) is 5.01 Å². The molecular formula is C23H20N4O2. The van der Waals surface area contributed by atoms with E-state index in [2.05, 4.69) is 16.5 Å². The van der Waals surface area contributed by atoms with Crippen LogP contribution in [0.4, 0.5) is 5.69 Å². The Bertz CT molecular complexity index is 1080. The molecule has 0 saturated carbocycles. The molecule has 1 aromatic heterocycles. The lowest BCUT2D eigenvalue weighted by atomic mass is 10.0. The summed E-state index contributed by atoms with van der Waals surface area (Å²) in [5, 5.41) is 18.4. The number of furan rings is 1. The lowest BCUT2D eigenvalue weighted by Crippen LogP contribution is -2.32. The maximum Gasteiger partial charge on any atom is 0.262 e. The van der Waals surface area contributed by atoms with E-state index in [1.54, 1.807) is 24.5 Å². The van der Waals surface area contributed by atoms with Crippen LogP contribution in [0.15, 0.2) is 76.4 Å². The normalized spacial score (nSPS) is 15.7. The molecule has 1 aliphatic rings. The van der Waals surface area contributed by atoms with Crippen LogP contribution in [0.1, 0.15) is 34.9 Å². The Morgan fingerprint density at radius 1 is 1.21 bits per heavy atom. The molecular weight excluding hydrogens is 364 g/mol. The van der Waals surface area contributed by atoms with Gasteiger partial charge >= 0.3 is 0 Å². The topological polar surface area (TPSA) is 81.6 Å². The van der Waals surface area contributed by atoms with Crippen LogP contribution in [-0.2, 0) is 4.79 Å². The number of amides is 1. The average molecular weight is 384 g/mol. The lowest BCUT2D eigenvalue weighted by Gasteiger charge is -2.20. The zero-order valence-electron chi connectivity index (χ0n) is 16.0. The number of carbonyl (C=O) groups excluding carboxylic acids is 1. The van der Waals surface area contributed by atoms with E-state index < -0.39 is 0 Å². The average Bonchev–Trinajstić information content (AvgIpc) is 3.42. The lowest BCUT2D eigenvalue weighted by molar-refractivity contribution is -0.131. The number of hydrazone groups is 1. The number of aryl methyl sites for hydroxylation is 1. The standard InChI is InChI=1S/C23H20N4O2/c1-16-8-10-17(11-9-16)20-13-21(22-7-4-12-29-22)27(26-20)23(28)15-25-19-6-3-2-5-18(19)14-24/h2-12,21,25H,13,15H2,1H3. The molecule has 1 amide bonds. The van der Waals surface area contributed by atoms with Gasteiger partial charge in [-0.3, -0.25) is 4.79 Å². The summed E-state index contributed by atoms with van der Waals surface area (Å²) in [7, 11) is 0. The summed E-state index contributed by atoms with van der Waals surface area (Å²) >= 11 is 0. The molecule has 3 aromatic rings. The van der Waals surface area contributed by atoms with Crippen molar-refractivity contribution in [2.75, 3.05) is 11.9 Å². The van der Waals surface area contributed by atoms with Crippen LogP contribution in [-0.4, -0.2) is 23.2 Å². The highest BCUT2D eigenvalue weighted by atomic mass is 16.3. The number of carbonyl (C=O) groups is 1. The van der Waals surface area contributed by atoms with Crippen molar-refractivity contribution in [2.45, 2.75) is 19.4 Å². The van der Waals surface area contributed by atoms with Crippen LogP contribution in [0.3, 0.4) is 0 Å². The van der Waals surface area contributed by atoms with Gasteiger partial charge in [0.15, 0.2) is 0 Å². The fraction of sp³-hybridized carbons (Fsp3) is 0.174. The molecule has 0 radical (unpaired) electrons. The summed E-state index contributed by atoms with van der Waals surface area (Å²) in [5.41, 5.74) is 4.12. The largest absolute Gasteiger partial charge is 0.467 e. The Hall–Kier alpha value is -3.85. The van der Waals surface area contributed by atoms with E-state index in [9.17, 15) is 10.1 Å². The second-order valence-electron chi connectivity index (χ2n) is 6.90. The Balaban J connectivity index is 1.56. The first-order chi connectivity index (χ1) is 14.2. The Labute approximate surface area is 169 Å². The fourth-order valence-electron chi connectivity index (χ4n) is 3.35. The first kappa shape index (κ1) is 18.5. The molecule has 6 heteroatoms. The van der Waals surface area contributed by atoms with Gasteiger partial charge in [0.25, 0.3) is 5.91 Å². The number of para-hydroxylation sites is 1. The smallest absolute Gasteiger partial charge is 0.262 e. The van der Waals surface area contributed by atoms with Crippen molar-refractivity contribution in [3.05, 3.63) is 89.4 Å². The summed E-state index contributed by atoms with van der Waals surface area (Å²) in [4.78, 5) is 13.0. The van der Waals surface area contributed by atoms with Gasteiger partial charge in [0.05, 0.1) is 29.8 Å². The van der Waals surface area contributed by atoms with E-state index in [0.29, 0.717) is 23.4 Å². The SMILES string of the molecule is Cc1ccc(C2=NN(C(=O)CNc3ccccc3C#N)C(c3ccco3)C2)cc1. The van der Waals surface area contributed by atoms with Gasteiger partial charge in [-0.2, -0.15) is 10.4 Å². The number of anilines is 1. The van der Waals surface area contributed by atoms with Crippen molar-refractivity contribution in [3.8, 4) is 6.07 Å². The molecule has 2 aromatic carbocycles. The summed E-state index contributed by atoms with van der Waals surface area (Å²) < 4.78 is 5.57. The van der Waals surface area contributed by atoms with Gasteiger partial charge in [0, 0.05) is 6.42 Å². The van der Waals surface area contributed by atoms with Crippen LogP contribution < -0.4 is 5.32 Å². The number of benzene rings is 2. The summed E-state index contributed by atoms with van der Waals surface area (Å²) in [5.74, 6) is 0.503. The van der Waals surface area contributed by atoms with E-state index in [1.165, 1.54) is 10.6 Å². The summed E-state index contributed by atoms with van der Waals surface area (Å²) in [6, 6.07) is 20.7.